The third-order valence-corrected chi connectivity index (χ3v) is 1.32. The van der Waals surface area contributed by atoms with Crippen molar-refractivity contribution in [3.05, 3.63) is 13.8 Å². The molecule has 0 spiro atoms. The van der Waals surface area contributed by atoms with E-state index in [1.807, 2.05) is 0 Å². The maximum absolute atomic E-state index is 2.39. The van der Waals surface area contributed by atoms with Crippen molar-refractivity contribution in [1.29, 1.82) is 0 Å². The van der Waals surface area contributed by atoms with Gasteiger partial charge < -0.3 is 30.8 Å². The Hall–Kier alpha value is 1.25. The van der Waals surface area contributed by atoms with Gasteiger partial charge in [-0.05, 0) is 0 Å². The number of hydrogen-bond donors (Lipinski definition) is 0. The van der Waals surface area contributed by atoms with Gasteiger partial charge in [0.05, 0.1) is 0 Å². The fourth-order valence-electron chi connectivity index (χ4n) is 0.898. The molecule has 1 rings (SSSR count). The number of rotatable bonds is 0. The van der Waals surface area contributed by atoms with Crippen LogP contribution in [0.5, 0.6) is 0 Å². The Morgan fingerprint density at radius 3 is 1.44 bits per heavy atom. The van der Waals surface area contributed by atoms with Gasteiger partial charge in [-0.25, -0.2) is 0 Å². The molecule has 0 aromatic rings. The maximum Gasteiger partial charge on any atom is 2.00 e. The molecule has 0 amide bonds. The first kappa shape index (κ1) is 16.7. The molecule has 1 saturated carbocycles. The summed E-state index contributed by atoms with van der Waals surface area (Å²) < 4.78 is 0. The Morgan fingerprint density at radius 1 is 0.889 bits per heavy atom. The van der Waals surface area contributed by atoms with Crippen LogP contribution in [0.25, 0.3) is 0 Å². The van der Waals surface area contributed by atoms with Crippen molar-refractivity contribution in [3.8, 4) is 0 Å². The molecule has 0 unspecified atom stereocenters. The summed E-state index contributed by atoms with van der Waals surface area (Å²) in [6.45, 7) is 0. The minimum Gasteiger partial charge on any atom is -1.00 e. The fourth-order valence-corrected chi connectivity index (χ4v) is 0.898. The van der Waals surface area contributed by atoms with Crippen LogP contribution in [-0.2, 0) is 0 Å². The van der Waals surface area contributed by atoms with Gasteiger partial charge in [-0.15, -0.1) is 0 Å². The quantitative estimate of drug-likeness (QED) is 0.357. The monoisotopic (exact) mass is 201 g/mol. The largest absolute Gasteiger partial charge is 2.00 e. The standard InChI is InChI=1S/C6H11.CH3.BrH.Mg/c1-2-4-6-5-3-1;;;/h1H,2-6H2;1H3;1H;/q2*-1;;+2/p-1. The molecule has 0 aromatic carbocycles. The SMILES string of the molecule is [Br-].[CH-]1CCCCC1.[CH3-].[Mg+2]. The third-order valence-electron chi connectivity index (χ3n) is 1.32. The predicted octanol–water partition coefficient (Wildman–Crippen LogP) is -0.772. The van der Waals surface area contributed by atoms with E-state index in [1.165, 1.54) is 32.1 Å². The van der Waals surface area contributed by atoms with Gasteiger partial charge in [-0.2, -0.15) is 12.8 Å². The van der Waals surface area contributed by atoms with E-state index in [4.69, 9.17) is 0 Å². The van der Waals surface area contributed by atoms with Crippen LogP contribution < -0.4 is 17.0 Å². The summed E-state index contributed by atoms with van der Waals surface area (Å²) in [7, 11) is 0. The first-order chi connectivity index (χ1) is 3.00. The van der Waals surface area contributed by atoms with E-state index in [-0.39, 0.29) is 47.5 Å². The molecular weight excluding hydrogens is 188 g/mol. The van der Waals surface area contributed by atoms with Gasteiger partial charge in [0, 0.05) is 0 Å². The van der Waals surface area contributed by atoms with Gasteiger partial charge >= 0.3 is 23.1 Å². The Kier molecular flexibility index (Phi) is 22.2. The number of hydrogen-bond acceptors (Lipinski definition) is 0. The first-order valence-electron chi connectivity index (χ1n) is 2.82. The van der Waals surface area contributed by atoms with E-state index >= 15 is 0 Å². The van der Waals surface area contributed by atoms with E-state index < -0.39 is 0 Å². The molecular formula is C7H14BrMg-. The second kappa shape index (κ2) is 12.0. The summed E-state index contributed by atoms with van der Waals surface area (Å²) in [5, 5.41) is 0. The molecule has 0 aliphatic heterocycles. The summed E-state index contributed by atoms with van der Waals surface area (Å²) >= 11 is 0. The van der Waals surface area contributed by atoms with E-state index in [0.29, 0.717) is 0 Å². The second-order valence-electron chi connectivity index (χ2n) is 1.93. The van der Waals surface area contributed by atoms with Crippen molar-refractivity contribution >= 4 is 23.1 Å². The van der Waals surface area contributed by atoms with Crippen molar-refractivity contribution in [3.63, 3.8) is 0 Å². The molecule has 2 heteroatoms. The average Bonchev–Trinajstić information content (AvgIpc) is 1.72. The molecule has 0 radical (unpaired) electrons. The van der Waals surface area contributed by atoms with Crippen LogP contribution in [0.3, 0.4) is 0 Å². The predicted molar refractivity (Wildman–Crippen MR) is 39.6 cm³/mol. The van der Waals surface area contributed by atoms with Gasteiger partial charge in [-0.3, -0.25) is 0 Å². The van der Waals surface area contributed by atoms with Crippen LogP contribution in [0, 0.1) is 13.8 Å². The van der Waals surface area contributed by atoms with Crippen LogP contribution in [0.2, 0.25) is 0 Å². The zero-order valence-electron chi connectivity index (χ0n) is 6.20. The van der Waals surface area contributed by atoms with Crippen molar-refractivity contribution in [1.82, 2.24) is 0 Å². The Balaban J connectivity index is -0.000000120. The molecule has 0 nitrogen and oxygen atoms in total. The summed E-state index contributed by atoms with van der Waals surface area (Å²) in [4.78, 5) is 0. The molecule has 0 atom stereocenters. The zero-order chi connectivity index (χ0) is 4.24. The summed E-state index contributed by atoms with van der Waals surface area (Å²) in [5.74, 6) is 0. The molecule has 0 heterocycles. The van der Waals surface area contributed by atoms with Crippen LogP contribution in [0.1, 0.15) is 32.1 Å². The first-order valence-corrected chi connectivity index (χ1v) is 2.82. The Bertz CT molecular complexity index is 24.4. The second-order valence-corrected chi connectivity index (χ2v) is 1.93. The van der Waals surface area contributed by atoms with E-state index in [9.17, 15) is 0 Å². The summed E-state index contributed by atoms with van der Waals surface area (Å²) in [5.41, 5.74) is 0. The van der Waals surface area contributed by atoms with Crippen molar-refractivity contribution in [2.24, 2.45) is 0 Å². The number of halogens is 1. The zero-order valence-corrected chi connectivity index (χ0v) is 9.20. The van der Waals surface area contributed by atoms with Crippen LogP contribution >= 0.6 is 0 Å². The van der Waals surface area contributed by atoms with Crippen LogP contribution in [-0.4, -0.2) is 23.1 Å². The summed E-state index contributed by atoms with van der Waals surface area (Å²) in [6.07, 6.45) is 9.50. The molecule has 0 aromatic heterocycles. The fraction of sp³-hybridized carbons (Fsp3) is 0.714. The normalized spacial score (nSPS) is 16.0. The van der Waals surface area contributed by atoms with Crippen molar-refractivity contribution in [2.75, 3.05) is 0 Å². The smallest absolute Gasteiger partial charge is 1.00 e. The van der Waals surface area contributed by atoms with Gasteiger partial charge in [-0.1, -0.05) is 19.3 Å². The third kappa shape index (κ3) is 9.25. The van der Waals surface area contributed by atoms with Gasteiger partial charge in [0.1, 0.15) is 0 Å². The van der Waals surface area contributed by atoms with Crippen molar-refractivity contribution in [2.45, 2.75) is 32.1 Å². The van der Waals surface area contributed by atoms with Gasteiger partial charge in [0.15, 0.2) is 0 Å². The molecule has 1 aliphatic carbocycles. The topological polar surface area (TPSA) is 0 Å². The Labute approximate surface area is 85.7 Å². The molecule has 0 bridgehead atoms. The van der Waals surface area contributed by atoms with E-state index in [2.05, 4.69) is 6.42 Å². The molecule has 1 aliphatic rings. The van der Waals surface area contributed by atoms with Gasteiger partial charge in [0.2, 0.25) is 0 Å². The average molecular weight is 202 g/mol. The molecule has 0 saturated heterocycles. The van der Waals surface area contributed by atoms with E-state index in [0.717, 1.165) is 0 Å². The van der Waals surface area contributed by atoms with Crippen LogP contribution in [0.4, 0.5) is 0 Å². The minimum atomic E-state index is 0. The van der Waals surface area contributed by atoms with E-state index in [1.54, 1.807) is 0 Å². The van der Waals surface area contributed by atoms with Crippen LogP contribution in [0.15, 0.2) is 0 Å². The molecule has 0 N–H and O–H groups in total. The molecule has 9 heavy (non-hydrogen) atoms. The minimum absolute atomic E-state index is 0. The molecule has 52 valence electrons. The molecule has 1 fully saturated rings. The Morgan fingerprint density at radius 2 is 1.33 bits per heavy atom. The van der Waals surface area contributed by atoms with Gasteiger partial charge in [0.25, 0.3) is 0 Å². The summed E-state index contributed by atoms with van der Waals surface area (Å²) in [6, 6.07) is 0. The van der Waals surface area contributed by atoms with Crippen molar-refractivity contribution < 1.29 is 17.0 Å². The maximum atomic E-state index is 2.39.